The van der Waals surface area contributed by atoms with Crippen LogP contribution in [0.2, 0.25) is 0 Å². The van der Waals surface area contributed by atoms with Gasteiger partial charge in [0.2, 0.25) is 5.91 Å². The number of amides is 1. The second kappa shape index (κ2) is 8.23. The molecule has 0 bridgehead atoms. The van der Waals surface area contributed by atoms with Crippen molar-refractivity contribution >= 4 is 44.9 Å². The predicted octanol–water partition coefficient (Wildman–Crippen LogP) is 4.47. The summed E-state index contributed by atoms with van der Waals surface area (Å²) in [6, 6.07) is 5.95. The molecule has 6 nitrogen and oxygen atoms in total. The van der Waals surface area contributed by atoms with Crippen LogP contribution in [0.15, 0.2) is 27.1 Å². The van der Waals surface area contributed by atoms with Gasteiger partial charge in [-0.05, 0) is 58.5 Å². The number of carbonyl (C=O) groups excluding carboxylic acids is 1. The van der Waals surface area contributed by atoms with Crippen molar-refractivity contribution in [1.82, 2.24) is 15.0 Å². The van der Waals surface area contributed by atoms with E-state index in [0.29, 0.717) is 0 Å². The number of anilines is 1. The van der Waals surface area contributed by atoms with Crippen LogP contribution in [0, 0.1) is 19.8 Å². The first-order valence-electron chi connectivity index (χ1n) is 9.44. The number of thiazole rings is 1. The zero-order valence-electron chi connectivity index (χ0n) is 16.3. The van der Waals surface area contributed by atoms with Crippen molar-refractivity contribution in [2.75, 3.05) is 25.5 Å². The molecule has 1 aliphatic rings. The van der Waals surface area contributed by atoms with Crippen LogP contribution in [0.4, 0.5) is 5.69 Å². The molecule has 0 spiro atoms. The van der Waals surface area contributed by atoms with Crippen LogP contribution >= 0.6 is 23.1 Å². The molecule has 148 valence electrons. The fourth-order valence-electron chi connectivity index (χ4n) is 3.51. The van der Waals surface area contributed by atoms with Gasteiger partial charge in [-0.2, -0.15) is 0 Å². The highest BCUT2D eigenvalue weighted by Crippen LogP contribution is 2.34. The lowest BCUT2D eigenvalue weighted by Crippen LogP contribution is -2.38. The first kappa shape index (κ1) is 19.4. The first-order chi connectivity index (χ1) is 13.5. The molecular formula is C20H24N4O2S2. The average Bonchev–Trinajstić information content (AvgIpc) is 3.22. The summed E-state index contributed by atoms with van der Waals surface area (Å²) in [5, 5.41) is 7.09. The minimum absolute atomic E-state index is 0.0667. The topological polar surface area (TPSA) is 71.3 Å². The molecule has 0 aliphatic carbocycles. The number of hydrogen-bond donors (Lipinski definition) is 1. The van der Waals surface area contributed by atoms with Gasteiger partial charge in [0.15, 0.2) is 4.34 Å². The van der Waals surface area contributed by atoms with E-state index in [2.05, 4.69) is 22.4 Å². The van der Waals surface area contributed by atoms with Gasteiger partial charge in [0.25, 0.3) is 0 Å². The Morgan fingerprint density at radius 3 is 3.04 bits per heavy atom. The van der Waals surface area contributed by atoms with Crippen LogP contribution in [-0.2, 0) is 10.5 Å². The molecule has 4 rings (SSSR count). The van der Waals surface area contributed by atoms with E-state index in [-0.39, 0.29) is 11.8 Å². The Bertz CT molecular complexity index is 978. The summed E-state index contributed by atoms with van der Waals surface area (Å²) in [6.07, 6.45) is 2.04. The number of benzene rings is 1. The number of thioether (sulfide) groups is 1. The Morgan fingerprint density at radius 1 is 1.43 bits per heavy atom. The van der Waals surface area contributed by atoms with E-state index < -0.39 is 0 Å². The summed E-state index contributed by atoms with van der Waals surface area (Å²) in [5.74, 6) is 1.84. The Labute approximate surface area is 172 Å². The lowest BCUT2D eigenvalue weighted by molar-refractivity contribution is -0.121. The zero-order chi connectivity index (χ0) is 19.7. The number of likely N-dealkylation sites (tertiary alicyclic amines) is 1. The molecule has 3 aromatic rings. The number of aromatic nitrogens is 2. The van der Waals surface area contributed by atoms with Crippen LogP contribution in [0.1, 0.15) is 29.9 Å². The SMILES string of the molecule is Cc1noc(C)c1CSc1nc2ccc(NC(=O)C3CCCN(C)C3)cc2s1. The molecule has 1 unspecified atom stereocenters. The van der Waals surface area contributed by atoms with Crippen LogP contribution in [0.3, 0.4) is 0 Å². The normalized spacial score (nSPS) is 17.9. The summed E-state index contributed by atoms with van der Waals surface area (Å²) in [4.78, 5) is 19.5. The van der Waals surface area contributed by atoms with Crippen LogP contribution < -0.4 is 5.32 Å². The number of piperidine rings is 1. The second-order valence-electron chi connectivity index (χ2n) is 7.34. The minimum atomic E-state index is 0.0667. The van der Waals surface area contributed by atoms with Crippen LogP contribution in [0.25, 0.3) is 10.2 Å². The van der Waals surface area contributed by atoms with Gasteiger partial charge < -0.3 is 14.7 Å². The van der Waals surface area contributed by atoms with Gasteiger partial charge in [-0.15, -0.1) is 11.3 Å². The Kier molecular flexibility index (Phi) is 5.70. The Hall–Kier alpha value is -1.90. The van der Waals surface area contributed by atoms with Crippen molar-refractivity contribution in [3.05, 3.63) is 35.2 Å². The van der Waals surface area contributed by atoms with Crippen molar-refractivity contribution in [3.8, 4) is 0 Å². The largest absolute Gasteiger partial charge is 0.361 e. The smallest absolute Gasteiger partial charge is 0.228 e. The van der Waals surface area contributed by atoms with E-state index in [4.69, 9.17) is 9.51 Å². The van der Waals surface area contributed by atoms with Gasteiger partial charge in [-0.3, -0.25) is 4.79 Å². The third kappa shape index (κ3) is 4.24. The standard InChI is InChI=1S/C20H24N4O2S2/c1-12-16(13(2)26-23-12)11-27-20-22-17-7-6-15(9-18(17)28-20)21-19(25)14-5-4-8-24(3)10-14/h6-7,9,14H,4-5,8,10-11H2,1-3H3,(H,21,25). The van der Waals surface area contributed by atoms with Crippen molar-refractivity contribution in [3.63, 3.8) is 0 Å². The highest BCUT2D eigenvalue weighted by Gasteiger charge is 2.24. The molecule has 28 heavy (non-hydrogen) atoms. The number of rotatable bonds is 5. The van der Waals surface area contributed by atoms with Gasteiger partial charge in [0.1, 0.15) is 5.76 Å². The minimum Gasteiger partial charge on any atom is -0.361 e. The Balaban J connectivity index is 1.43. The quantitative estimate of drug-likeness (QED) is 0.619. The van der Waals surface area contributed by atoms with Gasteiger partial charge in [-0.25, -0.2) is 4.98 Å². The molecule has 0 radical (unpaired) electrons. The number of carbonyl (C=O) groups is 1. The third-order valence-electron chi connectivity index (χ3n) is 5.15. The van der Waals surface area contributed by atoms with Gasteiger partial charge in [0, 0.05) is 23.5 Å². The molecule has 3 heterocycles. The molecule has 2 aromatic heterocycles. The maximum atomic E-state index is 12.6. The second-order valence-corrected chi connectivity index (χ2v) is 9.60. The van der Waals surface area contributed by atoms with E-state index in [1.165, 1.54) is 0 Å². The van der Waals surface area contributed by atoms with Gasteiger partial charge in [0.05, 0.1) is 21.8 Å². The van der Waals surface area contributed by atoms with Gasteiger partial charge >= 0.3 is 0 Å². The summed E-state index contributed by atoms with van der Waals surface area (Å²) >= 11 is 3.34. The fourth-order valence-corrected chi connectivity index (χ4v) is 5.77. The van der Waals surface area contributed by atoms with Crippen molar-refractivity contribution < 1.29 is 9.32 Å². The van der Waals surface area contributed by atoms with Gasteiger partial charge in [-0.1, -0.05) is 16.9 Å². The summed E-state index contributed by atoms with van der Waals surface area (Å²) in [5.41, 5.74) is 3.87. The zero-order valence-corrected chi connectivity index (χ0v) is 18.0. The average molecular weight is 417 g/mol. The van der Waals surface area contributed by atoms with Crippen LogP contribution in [-0.4, -0.2) is 41.1 Å². The van der Waals surface area contributed by atoms with Crippen molar-refractivity contribution in [2.24, 2.45) is 5.92 Å². The summed E-state index contributed by atoms with van der Waals surface area (Å²) in [6.45, 7) is 5.80. The first-order valence-corrected chi connectivity index (χ1v) is 11.2. The molecule has 1 saturated heterocycles. The van der Waals surface area contributed by atoms with Crippen molar-refractivity contribution in [1.29, 1.82) is 0 Å². The van der Waals surface area contributed by atoms with Crippen LogP contribution in [0.5, 0.6) is 0 Å². The number of nitrogens with one attached hydrogen (secondary N) is 1. The molecule has 1 N–H and O–H groups in total. The van der Waals surface area contributed by atoms with E-state index >= 15 is 0 Å². The molecule has 1 amide bonds. The van der Waals surface area contributed by atoms with E-state index in [9.17, 15) is 4.79 Å². The lowest BCUT2D eigenvalue weighted by atomic mass is 9.97. The molecule has 1 atom stereocenters. The molecule has 1 aliphatic heterocycles. The molecule has 1 fully saturated rings. The molecular weight excluding hydrogens is 392 g/mol. The predicted molar refractivity (Wildman–Crippen MR) is 114 cm³/mol. The number of hydrogen-bond acceptors (Lipinski definition) is 7. The molecule has 1 aromatic carbocycles. The highest BCUT2D eigenvalue weighted by atomic mass is 32.2. The number of fused-ring (bicyclic) bond motifs is 1. The highest BCUT2D eigenvalue weighted by molar-refractivity contribution is 8.00. The number of aryl methyl sites for hydroxylation is 2. The van der Waals surface area contributed by atoms with E-state index in [1.54, 1.807) is 23.1 Å². The molecule has 8 heteroatoms. The maximum absolute atomic E-state index is 12.6. The molecule has 0 saturated carbocycles. The van der Waals surface area contributed by atoms with Crippen molar-refractivity contribution in [2.45, 2.75) is 36.8 Å². The lowest BCUT2D eigenvalue weighted by Gasteiger charge is -2.28. The fraction of sp³-hybridized carbons (Fsp3) is 0.450. The summed E-state index contributed by atoms with van der Waals surface area (Å²) in [7, 11) is 2.07. The van der Waals surface area contributed by atoms with E-state index in [1.807, 2.05) is 32.0 Å². The Morgan fingerprint density at radius 2 is 2.29 bits per heavy atom. The number of nitrogens with zero attached hydrogens (tertiary/aromatic N) is 3. The summed E-state index contributed by atoms with van der Waals surface area (Å²) < 4.78 is 7.32. The monoisotopic (exact) mass is 416 g/mol. The third-order valence-corrected chi connectivity index (χ3v) is 7.34. The maximum Gasteiger partial charge on any atom is 0.228 e. The van der Waals surface area contributed by atoms with E-state index in [0.717, 1.165) is 68.9 Å².